The van der Waals surface area contributed by atoms with Crippen LogP contribution in [-0.2, 0) is 14.8 Å². The van der Waals surface area contributed by atoms with E-state index in [2.05, 4.69) is 4.72 Å². The molecular weight excluding hydrogens is 348 g/mol. The third-order valence-corrected chi connectivity index (χ3v) is 3.89. The van der Waals surface area contributed by atoms with Gasteiger partial charge in [-0.25, -0.2) is 13.2 Å². The van der Waals surface area contributed by atoms with Crippen LogP contribution in [0.3, 0.4) is 0 Å². The molecule has 0 spiro atoms. The van der Waals surface area contributed by atoms with Gasteiger partial charge in [0.1, 0.15) is 11.8 Å². The number of hydrogen-bond acceptors (Lipinski definition) is 7. The first-order chi connectivity index (χ1) is 11.7. The number of esters is 1. The normalized spacial score (nSPS) is 10.8. The van der Waals surface area contributed by atoms with Gasteiger partial charge in [-0.1, -0.05) is 0 Å². The molecule has 3 N–H and O–H groups in total. The average molecular weight is 364 g/mol. The van der Waals surface area contributed by atoms with Crippen LogP contribution in [0.2, 0.25) is 0 Å². The van der Waals surface area contributed by atoms with Gasteiger partial charge in [-0.2, -0.15) is 5.26 Å². The van der Waals surface area contributed by atoms with Crippen molar-refractivity contribution in [2.45, 2.75) is 0 Å². The van der Waals surface area contributed by atoms with Gasteiger partial charge in [-0.15, -0.1) is 0 Å². The Morgan fingerprint density at radius 3 is 2.56 bits per heavy atom. The molecule has 1 heterocycles. The monoisotopic (exact) mass is 364 g/mol. The van der Waals surface area contributed by atoms with E-state index in [1.165, 1.54) is 37.1 Å². The summed E-state index contributed by atoms with van der Waals surface area (Å²) >= 11 is 0. The number of carbonyl (C=O) groups is 1. The highest BCUT2D eigenvalue weighted by molar-refractivity contribution is 7.92. The molecule has 0 atom stereocenters. The number of methoxy groups -OCH3 is 2. The van der Waals surface area contributed by atoms with Crippen molar-refractivity contribution in [3.05, 3.63) is 35.7 Å². The molecule has 0 saturated heterocycles. The first-order valence-electron chi connectivity index (χ1n) is 6.87. The average Bonchev–Trinajstić information content (AvgIpc) is 2.89. The van der Waals surface area contributed by atoms with Crippen LogP contribution in [0.25, 0.3) is 5.69 Å². The van der Waals surface area contributed by atoms with Crippen molar-refractivity contribution >= 4 is 27.4 Å². The van der Waals surface area contributed by atoms with Gasteiger partial charge in [0.25, 0.3) is 0 Å². The second-order valence-corrected chi connectivity index (χ2v) is 6.78. The SMILES string of the molecule is COC(=O)c1c(N)c(C#N)cn1-c1cc(OC)ccc1NS(C)(=O)=O. The molecule has 2 rings (SSSR count). The summed E-state index contributed by atoms with van der Waals surface area (Å²) in [5.74, 6) is -0.359. The summed E-state index contributed by atoms with van der Waals surface area (Å²) in [6.45, 7) is 0. The Labute approximate surface area is 144 Å². The maximum absolute atomic E-state index is 12.1. The van der Waals surface area contributed by atoms with Crippen molar-refractivity contribution in [1.82, 2.24) is 4.57 Å². The van der Waals surface area contributed by atoms with E-state index in [0.717, 1.165) is 6.26 Å². The number of ether oxygens (including phenoxy) is 2. The molecule has 0 amide bonds. The number of nitrogens with two attached hydrogens (primary N) is 1. The first kappa shape index (κ1) is 18.2. The smallest absolute Gasteiger partial charge is 0.357 e. The maximum Gasteiger partial charge on any atom is 0.357 e. The van der Waals surface area contributed by atoms with E-state index in [1.807, 2.05) is 6.07 Å². The van der Waals surface area contributed by atoms with E-state index >= 15 is 0 Å². The first-order valence-corrected chi connectivity index (χ1v) is 8.76. The van der Waals surface area contributed by atoms with Crippen molar-refractivity contribution in [1.29, 1.82) is 5.26 Å². The summed E-state index contributed by atoms with van der Waals surface area (Å²) in [5, 5.41) is 9.18. The zero-order chi connectivity index (χ0) is 18.8. The van der Waals surface area contributed by atoms with Crippen LogP contribution in [0.15, 0.2) is 24.4 Å². The summed E-state index contributed by atoms with van der Waals surface area (Å²) in [6, 6.07) is 6.40. The van der Waals surface area contributed by atoms with Gasteiger partial charge in [0.05, 0.1) is 43.1 Å². The highest BCUT2D eigenvalue weighted by atomic mass is 32.2. The molecule has 1 aromatic carbocycles. The predicted octanol–water partition coefficient (Wildman–Crippen LogP) is 1.10. The summed E-state index contributed by atoms with van der Waals surface area (Å²) in [6.07, 6.45) is 2.32. The van der Waals surface area contributed by atoms with Gasteiger partial charge in [0, 0.05) is 12.3 Å². The van der Waals surface area contributed by atoms with E-state index in [4.69, 9.17) is 15.2 Å². The van der Waals surface area contributed by atoms with Gasteiger partial charge < -0.3 is 19.8 Å². The number of aromatic nitrogens is 1. The van der Waals surface area contributed by atoms with Crippen LogP contribution in [0.4, 0.5) is 11.4 Å². The molecule has 0 radical (unpaired) electrons. The molecule has 2 aromatic rings. The Hall–Kier alpha value is -3.19. The number of rotatable bonds is 5. The number of nitriles is 1. The molecule has 132 valence electrons. The van der Waals surface area contributed by atoms with Crippen LogP contribution < -0.4 is 15.2 Å². The maximum atomic E-state index is 12.1. The lowest BCUT2D eigenvalue weighted by atomic mass is 10.2. The topological polar surface area (TPSA) is 136 Å². The van der Waals surface area contributed by atoms with Gasteiger partial charge in [-0.3, -0.25) is 4.72 Å². The fraction of sp³-hybridized carbons (Fsp3) is 0.200. The third kappa shape index (κ3) is 3.67. The van der Waals surface area contributed by atoms with E-state index in [-0.39, 0.29) is 28.3 Å². The van der Waals surface area contributed by atoms with Crippen molar-refractivity contribution in [3.63, 3.8) is 0 Å². The summed E-state index contributed by atoms with van der Waals surface area (Å²) < 4.78 is 36.7. The number of anilines is 2. The van der Waals surface area contributed by atoms with Crippen molar-refractivity contribution in [2.75, 3.05) is 30.9 Å². The van der Waals surface area contributed by atoms with Crippen LogP contribution in [-0.4, -0.2) is 39.4 Å². The van der Waals surface area contributed by atoms with Crippen molar-refractivity contribution in [2.24, 2.45) is 0 Å². The Kier molecular flexibility index (Phi) is 4.89. The minimum absolute atomic E-state index is 0.0496. The number of sulfonamides is 1. The lowest BCUT2D eigenvalue weighted by molar-refractivity contribution is 0.0593. The van der Waals surface area contributed by atoms with Gasteiger partial charge in [-0.05, 0) is 12.1 Å². The fourth-order valence-electron chi connectivity index (χ4n) is 2.23. The summed E-state index contributed by atoms with van der Waals surface area (Å²) in [4.78, 5) is 12.1. The largest absolute Gasteiger partial charge is 0.497 e. The van der Waals surface area contributed by atoms with Gasteiger partial charge in [0.15, 0.2) is 5.69 Å². The third-order valence-electron chi connectivity index (χ3n) is 3.30. The number of nitrogens with zero attached hydrogens (tertiary/aromatic N) is 2. The van der Waals surface area contributed by atoms with E-state index in [9.17, 15) is 18.5 Å². The Morgan fingerprint density at radius 1 is 1.36 bits per heavy atom. The number of hydrogen-bond donors (Lipinski definition) is 2. The predicted molar refractivity (Wildman–Crippen MR) is 91.3 cm³/mol. The fourth-order valence-corrected chi connectivity index (χ4v) is 2.80. The Morgan fingerprint density at radius 2 is 2.04 bits per heavy atom. The molecule has 0 unspecified atom stereocenters. The minimum atomic E-state index is -3.59. The number of benzene rings is 1. The quantitative estimate of drug-likeness (QED) is 0.758. The minimum Gasteiger partial charge on any atom is -0.497 e. The molecular formula is C15H16N4O5S. The number of carbonyl (C=O) groups excluding carboxylic acids is 1. The van der Waals surface area contributed by atoms with Crippen molar-refractivity contribution < 1.29 is 22.7 Å². The number of nitrogen functional groups attached to an aromatic ring is 1. The second-order valence-electron chi connectivity index (χ2n) is 5.04. The highest BCUT2D eigenvalue weighted by Gasteiger charge is 2.24. The Bertz CT molecular complexity index is 973. The molecule has 0 saturated carbocycles. The molecule has 10 heteroatoms. The summed E-state index contributed by atoms with van der Waals surface area (Å²) in [7, 11) is -0.979. The van der Waals surface area contributed by atoms with Gasteiger partial charge >= 0.3 is 5.97 Å². The van der Waals surface area contributed by atoms with E-state index in [1.54, 1.807) is 6.07 Å². The zero-order valence-electron chi connectivity index (χ0n) is 13.7. The highest BCUT2D eigenvalue weighted by Crippen LogP contribution is 2.31. The molecule has 0 aliphatic rings. The van der Waals surface area contributed by atoms with Crippen LogP contribution in [0.1, 0.15) is 16.1 Å². The van der Waals surface area contributed by atoms with E-state index in [0.29, 0.717) is 5.75 Å². The van der Waals surface area contributed by atoms with Crippen LogP contribution >= 0.6 is 0 Å². The molecule has 0 fully saturated rings. The number of nitrogens with one attached hydrogen (secondary N) is 1. The lowest BCUT2D eigenvalue weighted by Gasteiger charge is -2.15. The summed E-state index contributed by atoms with van der Waals surface area (Å²) in [5.41, 5.74) is 6.17. The molecule has 0 bridgehead atoms. The molecule has 0 aliphatic carbocycles. The molecule has 25 heavy (non-hydrogen) atoms. The molecule has 1 aromatic heterocycles. The van der Waals surface area contributed by atoms with Crippen LogP contribution in [0.5, 0.6) is 5.75 Å². The Balaban J connectivity index is 2.81. The van der Waals surface area contributed by atoms with Crippen molar-refractivity contribution in [3.8, 4) is 17.5 Å². The molecule has 9 nitrogen and oxygen atoms in total. The van der Waals surface area contributed by atoms with E-state index < -0.39 is 16.0 Å². The second kappa shape index (κ2) is 6.74. The van der Waals surface area contributed by atoms with Crippen LogP contribution in [0, 0.1) is 11.3 Å². The molecule has 0 aliphatic heterocycles. The standard InChI is InChI=1S/C15H16N4O5S/c1-23-10-4-5-11(18-25(3,21)22)12(6-10)19-8-9(7-16)13(17)14(19)15(20)24-2/h4-6,8,18H,17H2,1-3H3. The van der Waals surface area contributed by atoms with Gasteiger partial charge in [0.2, 0.25) is 10.0 Å². The zero-order valence-corrected chi connectivity index (χ0v) is 14.5. The lowest BCUT2D eigenvalue weighted by Crippen LogP contribution is -2.15.